The van der Waals surface area contributed by atoms with Crippen molar-refractivity contribution >= 4 is 28.0 Å². The zero-order valence-electron chi connectivity index (χ0n) is 13.8. The molecular formula is C19H23BrN2O2. The molecule has 24 heavy (non-hydrogen) atoms. The largest absolute Gasteiger partial charge is 0.462 e. The number of esters is 1. The fourth-order valence-electron chi connectivity index (χ4n) is 4.95. The minimum Gasteiger partial charge on any atom is -0.462 e. The van der Waals surface area contributed by atoms with Gasteiger partial charge in [-0.2, -0.15) is 0 Å². The van der Waals surface area contributed by atoms with Gasteiger partial charge in [-0.05, 0) is 84.7 Å². The molecular weight excluding hydrogens is 368 g/mol. The molecule has 6 atom stereocenters. The standard InChI is InChI=1S/C19H23BrN2O2/c1-11-18-16(5-4-14-3-2-13(20)10-22-14)15-6-7-21-9-12(15)8-17(18)19(23)24-11/h2-5,10-12,15-18,21H,6-9H2,1H3/b5-4+/t11-,12-,15-,16+,17-,18+/m1/s1. The van der Waals surface area contributed by atoms with Gasteiger partial charge in [0.2, 0.25) is 0 Å². The van der Waals surface area contributed by atoms with Crippen LogP contribution in [0.2, 0.25) is 0 Å². The molecule has 1 saturated carbocycles. The van der Waals surface area contributed by atoms with Gasteiger partial charge in [0.05, 0.1) is 11.6 Å². The lowest BCUT2D eigenvalue weighted by atomic mass is 9.59. The molecule has 3 heterocycles. The number of hydrogen-bond acceptors (Lipinski definition) is 4. The maximum absolute atomic E-state index is 12.3. The third-order valence-electron chi connectivity index (χ3n) is 6.01. The normalized spacial score (nSPS) is 38.7. The monoisotopic (exact) mass is 390 g/mol. The predicted octanol–water partition coefficient (Wildman–Crippen LogP) is 3.28. The molecule has 1 aliphatic carbocycles. The molecule has 0 amide bonds. The van der Waals surface area contributed by atoms with E-state index in [9.17, 15) is 4.79 Å². The molecule has 0 radical (unpaired) electrons. The second-order valence-electron chi connectivity index (χ2n) is 7.32. The number of nitrogens with zero attached hydrogens (tertiary/aromatic N) is 1. The third-order valence-corrected chi connectivity index (χ3v) is 6.48. The lowest BCUT2D eigenvalue weighted by molar-refractivity contribution is -0.144. The highest BCUT2D eigenvalue weighted by atomic mass is 79.9. The molecule has 1 N–H and O–H groups in total. The summed E-state index contributed by atoms with van der Waals surface area (Å²) in [6, 6.07) is 4.02. The Labute approximate surface area is 151 Å². The highest BCUT2D eigenvalue weighted by molar-refractivity contribution is 9.10. The first-order valence-electron chi connectivity index (χ1n) is 8.84. The van der Waals surface area contributed by atoms with Crippen molar-refractivity contribution in [1.82, 2.24) is 10.3 Å². The second-order valence-corrected chi connectivity index (χ2v) is 8.23. The van der Waals surface area contributed by atoms with Gasteiger partial charge in [-0.15, -0.1) is 0 Å². The molecule has 4 nitrogen and oxygen atoms in total. The average molecular weight is 391 g/mol. The summed E-state index contributed by atoms with van der Waals surface area (Å²) < 4.78 is 6.58. The molecule has 0 spiro atoms. The van der Waals surface area contributed by atoms with Crippen molar-refractivity contribution in [3.63, 3.8) is 0 Å². The number of aromatic nitrogens is 1. The van der Waals surface area contributed by atoms with Gasteiger partial charge in [0.1, 0.15) is 6.10 Å². The van der Waals surface area contributed by atoms with Crippen molar-refractivity contribution in [2.75, 3.05) is 13.1 Å². The van der Waals surface area contributed by atoms with Crippen molar-refractivity contribution < 1.29 is 9.53 Å². The Morgan fingerprint density at radius 1 is 1.42 bits per heavy atom. The first kappa shape index (κ1) is 16.3. The van der Waals surface area contributed by atoms with Crippen LogP contribution in [0, 0.1) is 29.6 Å². The van der Waals surface area contributed by atoms with Crippen LogP contribution in [0.5, 0.6) is 0 Å². The predicted molar refractivity (Wildman–Crippen MR) is 96.1 cm³/mol. The lowest BCUT2D eigenvalue weighted by Crippen LogP contribution is -2.48. The summed E-state index contributed by atoms with van der Waals surface area (Å²) in [7, 11) is 0. The van der Waals surface area contributed by atoms with E-state index in [0.717, 1.165) is 29.7 Å². The van der Waals surface area contributed by atoms with E-state index in [2.05, 4.69) is 45.3 Å². The van der Waals surface area contributed by atoms with Crippen LogP contribution in [-0.2, 0) is 9.53 Å². The van der Waals surface area contributed by atoms with E-state index < -0.39 is 0 Å². The van der Waals surface area contributed by atoms with Gasteiger partial charge in [-0.1, -0.05) is 6.08 Å². The van der Waals surface area contributed by atoms with Crippen molar-refractivity contribution in [2.45, 2.75) is 25.9 Å². The molecule has 128 valence electrons. The minimum atomic E-state index is 0.0108. The van der Waals surface area contributed by atoms with Gasteiger partial charge in [0, 0.05) is 16.6 Å². The van der Waals surface area contributed by atoms with Gasteiger partial charge in [-0.3, -0.25) is 9.78 Å². The number of halogens is 1. The number of pyridine rings is 1. The molecule has 1 aromatic heterocycles. The molecule has 3 aliphatic rings. The minimum absolute atomic E-state index is 0.0108. The van der Waals surface area contributed by atoms with E-state index in [1.807, 2.05) is 18.3 Å². The maximum atomic E-state index is 12.3. The van der Waals surface area contributed by atoms with Gasteiger partial charge < -0.3 is 10.1 Å². The van der Waals surface area contributed by atoms with Gasteiger partial charge in [0.25, 0.3) is 0 Å². The van der Waals surface area contributed by atoms with Gasteiger partial charge in [0.15, 0.2) is 0 Å². The topological polar surface area (TPSA) is 51.2 Å². The molecule has 5 heteroatoms. The number of hydrogen-bond donors (Lipinski definition) is 1. The van der Waals surface area contributed by atoms with Crippen molar-refractivity contribution in [3.05, 3.63) is 34.6 Å². The Hall–Kier alpha value is -1.20. The number of carbonyl (C=O) groups is 1. The number of nitrogens with one attached hydrogen (secondary N) is 1. The molecule has 2 saturated heterocycles. The Kier molecular flexibility index (Phi) is 4.48. The number of rotatable bonds is 2. The van der Waals surface area contributed by atoms with E-state index in [1.165, 1.54) is 6.42 Å². The first-order valence-corrected chi connectivity index (χ1v) is 9.64. The fraction of sp³-hybridized carbons (Fsp3) is 0.579. The van der Waals surface area contributed by atoms with Crippen LogP contribution >= 0.6 is 15.9 Å². The Morgan fingerprint density at radius 2 is 2.29 bits per heavy atom. The Morgan fingerprint density at radius 3 is 3.08 bits per heavy atom. The number of allylic oxidation sites excluding steroid dienone is 1. The maximum Gasteiger partial charge on any atom is 0.309 e. The summed E-state index contributed by atoms with van der Waals surface area (Å²) in [4.78, 5) is 16.7. The van der Waals surface area contributed by atoms with Crippen molar-refractivity contribution in [3.8, 4) is 0 Å². The molecule has 2 aliphatic heterocycles. The Bertz CT molecular complexity index is 645. The van der Waals surface area contributed by atoms with Crippen LogP contribution in [0.3, 0.4) is 0 Å². The van der Waals surface area contributed by atoms with E-state index in [0.29, 0.717) is 23.7 Å². The molecule has 3 fully saturated rings. The van der Waals surface area contributed by atoms with Gasteiger partial charge in [-0.25, -0.2) is 0 Å². The van der Waals surface area contributed by atoms with Crippen LogP contribution in [0.15, 0.2) is 28.9 Å². The summed E-state index contributed by atoms with van der Waals surface area (Å²) in [6.45, 7) is 4.15. The van der Waals surface area contributed by atoms with Crippen molar-refractivity contribution in [1.29, 1.82) is 0 Å². The van der Waals surface area contributed by atoms with E-state index in [-0.39, 0.29) is 18.0 Å². The third kappa shape index (κ3) is 2.93. The van der Waals surface area contributed by atoms with Crippen LogP contribution in [-0.4, -0.2) is 30.1 Å². The zero-order chi connectivity index (χ0) is 16.7. The summed E-state index contributed by atoms with van der Waals surface area (Å²) in [5, 5.41) is 3.50. The number of piperidine rings is 1. The molecule has 0 bridgehead atoms. The van der Waals surface area contributed by atoms with Crippen LogP contribution in [0.1, 0.15) is 25.5 Å². The average Bonchev–Trinajstić information content (AvgIpc) is 2.87. The second kappa shape index (κ2) is 6.60. The summed E-state index contributed by atoms with van der Waals surface area (Å²) >= 11 is 3.42. The molecule has 1 aromatic rings. The van der Waals surface area contributed by atoms with Crippen LogP contribution in [0.25, 0.3) is 6.08 Å². The van der Waals surface area contributed by atoms with E-state index in [1.54, 1.807) is 0 Å². The smallest absolute Gasteiger partial charge is 0.309 e. The highest BCUT2D eigenvalue weighted by Crippen LogP contribution is 2.50. The number of ether oxygens (including phenoxy) is 1. The highest BCUT2D eigenvalue weighted by Gasteiger charge is 2.53. The Balaban J connectivity index is 1.63. The summed E-state index contributed by atoms with van der Waals surface area (Å²) in [6.07, 6.45) is 8.42. The fourth-order valence-corrected chi connectivity index (χ4v) is 5.19. The van der Waals surface area contributed by atoms with Crippen molar-refractivity contribution in [2.24, 2.45) is 29.6 Å². The molecule has 0 unspecified atom stereocenters. The summed E-state index contributed by atoms with van der Waals surface area (Å²) in [5.74, 6) is 1.98. The molecule has 4 rings (SSSR count). The SMILES string of the molecule is C[C@H]1OC(=O)[C@@H]2C[C@@H]3CNCC[C@H]3[C@H](/C=C/c3ccc(Br)cn3)[C@H]12. The van der Waals surface area contributed by atoms with Crippen LogP contribution in [0.4, 0.5) is 0 Å². The molecule has 0 aromatic carbocycles. The number of fused-ring (bicyclic) bond motifs is 2. The van der Waals surface area contributed by atoms with Gasteiger partial charge >= 0.3 is 5.97 Å². The number of cyclic esters (lactones) is 1. The number of carbonyl (C=O) groups excluding carboxylic acids is 1. The first-order chi connectivity index (χ1) is 11.6. The van der Waals surface area contributed by atoms with E-state index in [4.69, 9.17) is 4.74 Å². The van der Waals surface area contributed by atoms with E-state index >= 15 is 0 Å². The quantitative estimate of drug-likeness (QED) is 0.787. The zero-order valence-corrected chi connectivity index (χ0v) is 15.4. The summed E-state index contributed by atoms with van der Waals surface area (Å²) in [5.41, 5.74) is 0.962. The lowest BCUT2D eigenvalue weighted by Gasteiger charge is -2.45. The van der Waals surface area contributed by atoms with Crippen LogP contribution < -0.4 is 5.32 Å².